The molecule has 1 fully saturated rings. The Kier molecular flexibility index (Phi) is 6.78. The molecule has 2 rings (SSSR count). The number of aromatic nitrogens is 1. The molecular weight excluding hydrogens is 322 g/mol. The van der Waals surface area contributed by atoms with Crippen LogP contribution in [0.4, 0.5) is 0 Å². The summed E-state index contributed by atoms with van der Waals surface area (Å²) < 4.78 is 0. The van der Waals surface area contributed by atoms with Gasteiger partial charge in [-0.15, -0.1) is 11.3 Å². The fourth-order valence-corrected chi connectivity index (χ4v) is 3.80. The molecule has 134 valence electrons. The quantitative estimate of drug-likeness (QED) is 0.856. The molecule has 2 heterocycles. The predicted octanol–water partition coefficient (Wildman–Crippen LogP) is 3.17. The van der Waals surface area contributed by atoms with Gasteiger partial charge in [-0.3, -0.25) is 9.59 Å². The highest BCUT2D eigenvalue weighted by Crippen LogP contribution is 2.29. The number of hydrogen-bond donors (Lipinski definition) is 1. The summed E-state index contributed by atoms with van der Waals surface area (Å²) in [6, 6.07) is 0. The molecule has 24 heavy (non-hydrogen) atoms. The molecule has 0 spiro atoms. The van der Waals surface area contributed by atoms with E-state index in [0.29, 0.717) is 24.8 Å². The molecule has 6 heteroatoms. The van der Waals surface area contributed by atoms with E-state index >= 15 is 0 Å². The average Bonchev–Trinajstić information content (AvgIpc) is 3.01. The number of thiazole rings is 1. The number of piperidine rings is 1. The van der Waals surface area contributed by atoms with Crippen LogP contribution < -0.4 is 5.32 Å². The molecule has 1 aliphatic rings. The van der Waals surface area contributed by atoms with Gasteiger partial charge in [0.2, 0.25) is 11.8 Å². The first-order valence-electron chi connectivity index (χ1n) is 8.86. The van der Waals surface area contributed by atoms with Crippen LogP contribution in [0.1, 0.15) is 63.6 Å². The van der Waals surface area contributed by atoms with Crippen molar-refractivity contribution in [1.29, 1.82) is 0 Å². The van der Waals surface area contributed by atoms with Crippen molar-refractivity contribution in [1.82, 2.24) is 15.2 Å². The van der Waals surface area contributed by atoms with E-state index in [4.69, 9.17) is 0 Å². The van der Waals surface area contributed by atoms with Crippen LogP contribution in [0.3, 0.4) is 0 Å². The highest BCUT2D eigenvalue weighted by molar-refractivity contribution is 7.09. The van der Waals surface area contributed by atoms with E-state index in [9.17, 15) is 9.59 Å². The maximum atomic E-state index is 12.3. The van der Waals surface area contributed by atoms with Crippen LogP contribution in [-0.4, -0.2) is 34.8 Å². The molecule has 0 aliphatic carbocycles. The molecule has 0 saturated carbocycles. The molecule has 1 aromatic heterocycles. The van der Waals surface area contributed by atoms with Crippen LogP contribution in [0.15, 0.2) is 5.38 Å². The van der Waals surface area contributed by atoms with Gasteiger partial charge < -0.3 is 10.2 Å². The zero-order valence-electron chi connectivity index (χ0n) is 15.2. The maximum Gasteiger partial charge on any atom is 0.222 e. The van der Waals surface area contributed by atoms with Gasteiger partial charge >= 0.3 is 0 Å². The lowest BCUT2D eigenvalue weighted by molar-refractivity contribution is -0.133. The SMILES string of the molecule is CC(C)CC(=O)N1CCC[C@H](c2nc(CNC(=O)C(C)C)cs2)C1. The van der Waals surface area contributed by atoms with E-state index in [0.717, 1.165) is 36.6 Å². The summed E-state index contributed by atoms with van der Waals surface area (Å²) in [5.41, 5.74) is 0.912. The van der Waals surface area contributed by atoms with Gasteiger partial charge in [-0.2, -0.15) is 0 Å². The molecule has 0 aromatic carbocycles. The minimum absolute atomic E-state index is 0.0121. The molecule has 1 saturated heterocycles. The second-order valence-electron chi connectivity index (χ2n) is 7.33. The van der Waals surface area contributed by atoms with Crippen molar-refractivity contribution in [3.8, 4) is 0 Å². The number of hydrogen-bond acceptors (Lipinski definition) is 4. The van der Waals surface area contributed by atoms with Gasteiger partial charge in [0.05, 0.1) is 17.2 Å². The Bertz CT molecular complexity index is 568. The summed E-state index contributed by atoms with van der Waals surface area (Å²) in [5, 5.41) is 6.01. The van der Waals surface area contributed by atoms with Crippen molar-refractivity contribution >= 4 is 23.2 Å². The molecule has 1 aliphatic heterocycles. The molecule has 0 unspecified atom stereocenters. The Balaban J connectivity index is 1.92. The van der Waals surface area contributed by atoms with E-state index in [2.05, 4.69) is 24.1 Å². The Morgan fingerprint density at radius 1 is 1.38 bits per heavy atom. The molecule has 1 aromatic rings. The summed E-state index contributed by atoms with van der Waals surface area (Å²) in [7, 11) is 0. The number of carbonyl (C=O) groups is 2. The fraction of sp³-hybridized carbons (Fsp3) is 0.722. The van der Waals surface area contributed by atoms with E-state index < -0.39 is 0 Å². The topological polar surface area (TPSA) is 62.3 Å². The van der Waals surface area contributed by atoms with Crippen LogP contribution in [0, 0.1) is 11.8 Å². The first-order chi connectivity index (χ1) is 11.4. The average molecular weight is 352 g/mol. The number of rotatable bonds is 6. The Morgan fingerprint density at radius 2 is 2.12 bits per heavy atom. The van der Waals surface area contributed by atoms with Crippen LogP contribution >= 0.6 is 11.3 Å². The van der Waals surface area contributed by atoms with Gasteiger partial charge in [0.25, 0.3) is 0 Å². The minimum atomic E-state index is -0.0121. The summed E-state index contributed by atoms with van der Waals surface area (Å²) in [6.45, 7) is 10.0. The Labute approximate surface area is 148 Å². The summed E-state index contributed by atoms with van der Waals surface area (Å²) in [6.07, 6.45) is 2.74. The smallest absolute Gasteiger partial charge is 0.222 e. The van der Waals surface area contributed by atoms with E-state index in [-0.39, 0.29) is 17.7 Å². The normalized spacial score (nSPS) is 18.2. The highest BCUT2D eigenvalue weighted by Gasteiger charge is 2.26. The molecule has 1 N–H and O–H groups in total. The lowest BCUT2D eigenvalue weighted by Gasteiger charge is -2.32. The van der Waals surface area contributed by atoms with Crippen molar-refractivity contribution in [3.05, 3.63) is 16.1 Å². The third kappa shape index (κ3) is 5.30. The largest absolute Gasteiger partial charge is 0.350 e. The second-order valence-corrected chi connectivity index (χ2v) is 8.22. The second kappa shape index (κ2) is 8.60. The van der Waals surface area contributed by atoms with E-state index in [1.54, 1.807) is 11.3 Å². The monoisotopic (exact) mass is 351 g/mol. The van der Waals surface area contributed by atoms with Crippen molar-refractivity contribution in [2.75, 3.05) is 13.1 Å². The van der Waals surface area contributed by atoms with Crippen LogP contribution in [0.25, 0.3) is 0 Å². The number of likely N-dealkylation sites (tertiary alicyclic amines) is 1. The number of nitrogens with zero attached hydrogens (tertiary/aromatic N) is 2. The summed E-state index contributed by atoms with van der Waals surface area (Å²) in [5.74, 6) is 1.02. The third-order valence-electron chi connectivity index (χ3n) is 4.24. The molecule has 0 radical (unpaired) electrons. The highest BCUT2D eigenvalue weighted by atomic mass is 32.1. The van der Waals surface area contributed by atoms with Crippen molar-refractivity contribution < 1.29 is 9.59 Å². The van der Waals surface area contributed by atoms with Crippen molar-refractivity contribution in [3.63, 3.8) is 0 Å². The van der Waals surface area contributed by atoms with Crippen molar-refractivity contribution in [2.45, 2.75) is 59.4 Å². The number of nitrogens with one attached hydrogen (secondary N) is 1. The summed E-state index contributed by atoms with van der Waals surface area (Å²) in [4.78, 5) is 30.6. The number of carbonyl (C=O) groups excluding carboxylic acids is 2. The first-order valence-corrected chi connectivity index (χ1v) is 9.74. The lowest BCUT2D eigenvalue weighted by atomic mass is 9.97. The standard InChI is InChI=1S/C18H29N3O2S/c1-12(2)8-16(22)21-7-5-6-14(10-21)18-20-15(11-24-18)9-19-17(23)13(3)4/h11-14H,5-10H2,1-4H3,(H,19,23)/t14-/m0/s1. The minimum Gasteiger partial charge on any atom is -0.350 e. The van der Waals surface area contributed by atoms with Gasteiger partial charge in [0, 0.05) is 36.7 Å². The Hall–Kier alpha value is -1.43. The van der Waals surface area contributed by atoms with Gasteiger partial charge in [-0.25, -0.2) is 4.98 Å². The first kappa shape index (κ1) is 18.9. The van der Waals surface area contributed by atoms with Gasteiger partial charge in [0.1, 0.15) is 0 Å². The fourth-order valence-electron chi connectivity index (χ4n) is 2.86. The van der Waals surface area contributed by atoms with Gasteiger partial charge in [-0.05, 0) is 18.8 Å². The predicted molar refractivity (Wildman–Crippen MR) is 96.8 cm³/mol. The van der Waals surface area contributed by atoms with Gasteiger partial charge in [0.15, 0.2) is 0 Å². The summed E-state index contributed by atoms with van der Waals surface area (Å²) >= 11 is 1.64. The number of amides is 2. The third-order valence-corrected chi connectivity index (χ3v) is 5.30. The van der Waals surface area contributed by atoms with E-state index in [1.807, 2.05) is 24.1 Å². The van der Waals surface area contributed by atoms with Crippen molar-refractivity contribution in [2.24, 2.45) is 11.8 Å². The Morgan fingerprint density at radius 3 is 2.79 bits per heavy atom. The zero-order chi connectivity index (χ0) is 17.7. The van der Waals surface area contributed by atoms with Crippen LogP contribution in [-0.2, 0) is 16.1 Å². The maximum absolute atomic E-state index is 12.3. The van der Waals surface area contributed by atoms with E-state index in [1.165, 1.54) is 0 Å². The lowest BCUT2D eigenvalue weighted by Crippen LogP contribution is -2.39. The molecule has 5 nitrogen and oxygen atoms in total. The molecular formula is C18H29N3O2S. The molecule has 1 atom stereocenters. The molecule has 2 amide bonds. The van der Waals surface area contributed by atoms with Crippen LogP contribution in [0.5, 0.6) is 0 Å². The van der Waals surface area contributed by atoms with Crippen LogP contribution in [0.2, 0.25) is 0 Å². The molecule has 0 bridgehead atoms. The van der Waals surface area contributed by atoms with Gasteiger partial charge in [-0.1, -0.05) is 27.7 Å². The zero-order valence-corrected chi connectivity index (χ0v) is 16.0.